The van der Waals surface area contributed by atoms with Crippen LogP contribution < -0.4 is 9.80 Å². The van der Waals surface area contributed by atoms with Crippen molar-refractivity contribution in [3.05, 3.63) is 129 Å². The summed E-state index contributed by atoms with van der Waals surface area (Å²) in [6.07, 6.45) is 1.93. The van der Waals surface area contributed by atoms with Crippen molar-refractivity contribution in [2.24, 2.45) is 0 Å². The monoisotopic (exact) mass is 593 g/mol. The van der Waals surface area contributed by atoms with E-state index in [1.54, 1.807) is 0 Å². The fourth-order valence-corrected chi connectivity index (χ4v) is 6.70. The Morgan fingerprint density at radius 2 is 1.64 bits per heavy atom. The highest BCUT2D eigenvalue weighted by atomic mass is 35.5. The predicted molar refractivity (Wildman–Crippen MR) is 173 cm³/mol. The van der Waals surface area contributed by atoms with Crippen molar-refractivity contribution in [2.45, 2.75) is 25.3 Å². The summed E-state index contributed by atoms with van der Waals surface area (Å²) < 4.78 is 0. The highest BCUT2D eigenvalue weighted by Crippen LogP contribution is 2.42. The molecule has 6 rings (SSSR count). The van der Waals surface area contributed by atoms with Gasteiger partial charge in [-0.15, -0.1) is 0 Å². The number of rotatable bonds is 5. The summed E-state index contributed by atoms with van der Waals surface area (Å²) in [6, 6.07) is 29.8. The highest BCUT2D eigenvalue weighted by Gasteiger charge is 2.29. The maximum absolute atomic E-state index is 13.8. The number of aryl methyl sites for hydroxylation is 2. The number of halogens is 1. The van der Waals surface area contributed by atoms with Gasteiger partial charge in [0, 0.05) is 47.3 Å². The first-order valence-electron chi connectivity index (χ1n) is 14.1. The van der Waals surface area contributed by atoms with Gasteiger partial charge in [-0.05, 0) is 79.1 Å². The Bertz CT molecular complexity index is 1680. The molecule has 4 aromatic rings. The van der Waals surface area contributed by atoms with Crippen LogP contribution in [0.2, 0.25) is 5.02 Å². The lowest BCUT2D eigenvalue weighted by Crippen LogP contribution is -2.48. The summed E-state index contributed by atoms with van der Waals surface area (Å²) in [4.78, 5) is 34.8. The number of hydrogen-bond donors (Lipinski definition) is 0. The molecule has 42 heavy (non-hydrogen) atoms. The molecule has 7 heteroatoms. The molecule has 2 aliphatic heterocycles. The predicted octanol–water partition coefficient (Wildman–Crippen LogP) is 7.60. The molecular formula is C35H32ClN3O2S. The minimum atomic E-state index is -0.0164. The van der Waals surface area contributed by atoms with Crippen LogP contribution in [0.3, 0.4) is 0 Å². The number of amides is 2. The van der Waals surface area contributed by atoms with Crippen LogP contribution >= 0.6 is 23.4 Å². The number of carbonyl (C=O) groups excluding carboxylic acids is 2. The summed E-state index contributed by atoms with van der Waals surface area (Å²) in [7, 11) is 0. The van der Waals surface area contributed by atoms with Crippen LogP contribution in [-0.4, -0.2) is 42.9 Å². The molecule has 0 unspecified atom stereocenters. The Hall–Kier alpha value is -4.00. The Balaban J connectivity index is 1.17. The lowest BCUT2D eigenvalue weighted by molar-refractivity contribution is -0.114. The number of thioether (sulfide) groups is 1. The van der Waals surface area contributed by atoms with Gasteiger partial charge in [-0.25, -0.2) is 0 Å². The zero-order valence-electron chi connectivity index (χ0n) is 23.7. The second-order valence-electron chi connectivity index (χ2n) is 10.8. The molecule has 0 aromatic heterocycles. The normalized spacial score (nSPS) is 16.1. The van der Waals surface area contributed by atoms with Crippen LogP contribution in [0.15, 0.2) is 101 Å². The van der Waals surface area contributed by atoms with E-state index in [9.17, 15) is 9.59 Å². The van der Waals surface area contributed by atoms with Crippen LogP contribution in [0.1, 0.15) is 32.6 Å². The first-order chi connectivity index (χ1) is 20.4. The number of nitrogens with zero attached hydrogens (tertiary/aromatic N) is 3. The standard InChI is InChI=1S/C35H32ClN3O2S/c1-24-10-11-25(2)28(20-24)23-39-31-8-3-4-9-32(31)42-33(35(39)41)21-26-12-14-27(15-13-26)34(40)38-18-16-37(17-19-38)30-7-5-6-29(36)22-30/h3-15,20-22H,16-19,23H2,1-2H3/b33-21-. The third kappa shape index (κ3) is 5.96. The van der Waals surface area contributed by atoms with Crippen molar-refractivity contribution in [3.63, 3.8) is 0 Å². The second kappa shape index (κ2) is 12.1. The number of benzene rings is 4. The minimum Gasteiger partial charge on any atom is -0.368 e. The molecule has 2 aliphatic rings. The van der Waals surface area contributed by atoms with Crippen LogP contribution in [0, 0.1) is 13.8 Å². The number of anilines is 2. The van der Waals surface area contributed by atoms with Crippen LogP contribution in [0.5, 0.6) is 0 Å². The number of fused-ring (bicyclic) bond motifs is 1. The lowest BCUT2D eigenvalue weighted by Gasteiger charge is -2.36. The van der Waals surface area contributed by atoms with Gasteiger partial charge >= 0.3 is 0 Å². The second-order valence-corrected chi connectivity index (χ2v) is 12.3. The Morgan fingerprint density at radius 1 is 0.881 bits per heavy atom. The fourth-order valence-electron chi connectivity index (χ4n) is 5.46. The molecule has 2 heterocycles. The molecule has 5 nitrogen and oxygen atoms in total. The van der Waals surface area contributed by atoms with Gasteiger partial charge in [0.05, 0.1) is 17.1 Å². The third-order valence-corrected chi connectivity index (χ3v) is 9.17. The fraction of sp³-hybridized carbons (Fsp3) is 0.200. The van der Waals surface area contributed by atoms with Gasteiger partial charge in [0.25, 0.3) is 11.8 Å². The van der Waals surface area contributed by atoms with E-state index < -0.39 is 0 Å². The quantitative estimate of drug-likeness (QED) is 0.224. The molecule has 0 aliphatic carbocycles. The lowest BCUT2D eigenvalue weighted by atomic mass is 10.0. The Labute approximate surface area is 256 Å². The Kier molecular flexibility index (Phi) is 8.09. The summed E-state index contributed by atoms with van der Waals surface area (Å²) >= 11 is 7.66. The van der Waals surface area contributed by atoms with Gasteiger partial charge in [-0.1, -0.05) is 77.5 Å². The molecule has 1 fully saturated rings. The minimum absolute atomic E-state index is 0.0164. The molecule has 212 valence electrons. The third-order valence-electron chi connectivity index (χ3n) is 7.86. The molecule has 0 spiro atoms. The maximum Gasteiger partial charge on any atom is 0.265 e. The van der Waals surface area contributed by atoms with Gasteiger partial charge in [-0.3, -0.25) is 9.59 Å². The van der Waals surface area contributed by atoms with E-state index >= 15 is 0 Å². The molecule has 0 saturated carbocycles. The zero-order valence-corrected chi connectivity index (χ0v) is 25.3. The van der Waals surface area contributed by atoms with Gasteiger partial charge in [-0.2, -0.15) is 0 Å². The molecule has 0 radical (unpaired) electrons. The van der Waals surface area contributed by atoms with E-state index in [4.69, 9.17) is 11.6 Å². The molecule has 4 aromatic carbocycles. The summed E-state index contributed by atoms with van der Waals surface area (Å²) in [5.74, 6) is 0.00836. The SMILES string of the molecule is Cc1ccc(C)c(CN2C(=O)/C(=C/c3ccc(C(=O)N4CCN(c5cccc(Cl)c5)CC4)cc3)Sc3ccccc32)c1. The largest absolute Gasteiger partial charge is 0.368 e. The molecule has 1 saturated heterocycles. The van der Waals surface area contributed by atoms with E-state index in [2.05, 4.69) is 43.0 Å². The van der Waals surface area contributed by atoms with Crippen molar-refractivity contribution in [2.75, 3.05) is 36.0 Å². The van der Waals surface area contributed by atoms with Gasteiger partial charge in [0.1, 0.15) is 0 Å². The van der Waals surface area contributed by atoms with E-state index in [1.807, 2.05) is 82.6 Å². The van der Waals surface area contributed by atoms with Crippen LogP contribution in [0.25, 0.3) is 6.08 Å². The van der Waals surface area contributed by atoms with Gasteiger partial charge in [0.15, 0.2) is 0 Å². The number of carbonyl (C=O) groups is 2. The maximum atomic E-state index is 13.8. The van der Waals surface area contributed by atoms with Crippen molar-refractivity contribution in [1.29, 1.82) is 0 Å². The number of para-hydroxylation sites is 1. The average Bonchev–Trinajstić information content (AvgIpc) is 3.01. The molecule has 2 amide bonds. The first-order valence-corrected chi connectivity index (χ1v) is 15.3. The van der Waals surface area contributed by atoms with Gasteiger partial charge in [0.2, 0.25) is 0 Å². The Morgan fingerprint density at radius 3 is 2.40 bits per heavy atom. The van der Waals surface area contributed by atoms with E-state index in [0.717, 1.165) is 40.5 Å². The van der Waals surface area contributed by atoms with Gasteiger partial charge < -0.3 is 14.7 Å². The number of hydrogen-bond acceptors (Lipinski definition) is 4. The summed E-state index contributed by atoms with van der Waals surface area (Å²) in [5.41, 5.74) is 7.04. The van der Waals surface area contributed by atoms with E-state index in [1.165, 1.54) is 22.9 Å². The molecule has 0 N–H and O–H groups in total. The van der Waals surface area contributed by atoms with Crippen molar-refractivity contribution in [1.82, 2.24) is 4.90 Å². The zero-order chi connectivity index (χ0) is 29.2. The molecule has 0 bridgehead atoms. The van der Waals surface area contributed by atoms with Crippen molar-refractivity contribution in [3.8, 4) is 0 Å². The van der Waals surface area contributed by atoms with E-state index in [0.29, 0.717) is 35.1 Å². The van der Waals surface area contributed by atoms with Crippen molar-refractivity contribution >= 4 is 52.6 Å². The van der Waals surface area contributed by atoms with Crippen molar-refractivity contribution < 1.29 is 9.59 Å². The molecule has 0 atom stereocenters. The smallest absolute Gasteiger partial charge is 0.265 e. The van der Waals surface area contributed by atoms with Crippen LogP contribution in [-0.2, 0) is 11.3 Å². The highest BCUT2D eigenvalue weighted by molar-refractivity contribution is 8.04. The summed E-state index contributed by atoms with van der Waals surface area (Å²) in [6.45, 7) is 7.49. The topological polar surface area (TPSA) is 43.9 Å². The first kappa shape index (κ1) is 28.1. The van der Waals surface area contributed by atoms with E-state index in [-0.39, 0.29) is 11.8 Å². The molecular weight excluding hydrogens is 562 g/mol. The summed E-state index contributed by atoms with van der Waals surface area (Å²) in [5, 5.41) is 0.715. The van der Waals surface area contributed by atoms with Crippen LogP contribution in [0.4, 0.5) is 11.4 Å². The average molecular weight is 594 g/mol. The number of piperazine rings is 1.